The zero-order valence-corrected chi connectivity index (χ0v) is 7.60. The third-order valence-electron chi connectivity index (χ3n) is 0.897. The first-order chi connectivity index (χ1) is 5.31. The molecule has 3 heteroatoms. The maximum atomic E-state index is 9.05. The van der Waals surface area contributed by atoms with Crippen molar-refractivity contribution in [3.63, 3.8) is 0 Å². The third kappa shape index (κ3) is 7.03. The molecule has 1 rings (SSSR count). The van der Waals surface area contributed by atoms with Gasteiger partial charge in [-0.25, -0.2) is 12.1 Å². The molecule has 2 nitrogen and oxygen atoms in total. The molecule has 0 heterocycles. The van der Waals surface area contributed by atoms with Gasteiger partial charge in [0, 0.05) is 0 Å². The Morgan fingerprint density at radius 1 is 1.18 bits per heavy atom. The Balaban J connectivity index is 0.000000187. The van der Waals surface area contributed by atoms with Crippen LogP contribution in [0.15, 0.2) is 24.3 Å². The van der Waals surface area contributed by atoms with Crippen molar-refractivity contribution >= 4 is 8.95 Å². The summed E-state index contributed by atoms with van der Waals surface area (Å²) in [4.78, 5) is 18.1. The van der Waals surface area contributed by atoms with Crippen molar-refractivity contribution in [2.45, 2.75) is 6.92 Å². The summed E-state index contributed by atoms with van der Waals surface area (Å²) in [6.45, 7) is 2.08. The van der Waals surface area contributed by atoms with E-state index in [1.807, 2.05) is 12.1 Å². The SMILES string of the molecule is C[c-]1cccc1.O=[C]=[Rh]=[C]=O. The molecule has 0 spiro atoms. The predicted molar refractivity (Wildman–Crippen MR) is 38.2 cm³/mol. The number of hydrogen-bond donors (Lipinski definition) is 0. The second-order valence-corrected chi connectivity index (χ2v) is 2.76. The summed E-state index contributed by atoms with van der Waals surface area (Å²) >= 11 is -0.704. The van der Waals surface area contributed by atoms with Gasteiger partial charge in [-0.05, 0) is 0 Å². The van der Waals surface area contributed by atoms with Crippen LogP contribution in [0.1, 0.15) is 5.56 Å². The average Bonchev–Trinajstić information content (AvgIpc) is 2.43. The molecule has 0 bridgehead atoms. The van der Waals surface area contributed by atoms with Crippen molar-refractivity contribution in [1.82, 2.24) is 0 Å². The Kier molecular flexibility index (Phi) is 6.67. The Morgan fingerprint density at radius 3 is 1.73 bits per heavy atom. The van der Waals surface area contributed by atoms with E-state index in [0.29, 0.717) is 0 Å². The van der Waals surface area contributed by atoms with Gasteiger partial charge in [0.2, 0.25) is 0 Å². The molecule has 0 saturated heterocycles. The van der Waals surface area contributed by atoms with E-state index in [0.717, 1.165) is 0 Å². The summed E-state index contributed by atoms with van der Waals surface area (Å²) in [5.41, 5.74) is 1.34. The zero-order valence-electron chi connectivity index (χ0n) is 5.96. The molecule has 0 aliphatic heterocycles. The molecule has 1 aromatic carbocycles. The predicted octanol–water partition coefficient (Wildman–Crippen LogP) is 0.917. The van der Waals surface area contributed by atoms with E-state index in [4.69, 9.17) is 9.59 Å². The monoisotopic (exact) mass is 238 g/mol. The summed E-state index contributed by atoms with van der Waals surface area (Å²) in [5, 5.41) is 0. The van der Waals surface area contributed by atoms with Gasteiger partial charge < -0.3 is 0 Å². The van der Waals surface area contributed by atoms with Crippen LogP contribution in [0.25, 0.3) is 0 Å². The van der Waals surface area contributed by atoms with Gasteiger partial charge in [-0.3, -0.25) is 0 Å². The van der Waals surface area contributed by atoms with Crippen LogP contribution in [-0.2, 0) is 25.8 Å². The van der Waals surface area contributed by atoms with Crippen LogP contribution in [0.3, 0.4) is 0 Å². The third-order valence-corrected chi connectivity index (χ3v) is 1.23. The first kappa shape index (κ1) is 10.1. The molecule has 11 heavy (non-hydrogen) atoms. The van der Waals surface area contributed by atoms with Crippen LogP contribution in [0.2, 0.25) is 0 Å². The molecule has 0 aliphatic rings. The molecule has 0 aliphatic carbocycles. The van der Waals surface area contributed by atoms with E-state index < -0.39 is 16.2 Å². The Hall–Kier alpha value is -0.867. The van der Waals surface area contributed by atoms with Crippen LogP contribution in [0.4, 0.5) is 0 Å². The van der Waals surface area contributed by atoms with E-state index in [1.165, 1.54) is 14.5 Å². The maximum absolute atomic E-state index is 9.05. The van der Waals surface area contributed by atoms with E-state index >= 15 is 0 Å². The van der Waals surface area contributed by atoms with E-state index in [-0.39, 0.29) is 0 Å². The molecule has 0 amide bonds. The zero-order chi connectivity index (χ0) is 8.53. The van der Waals surface area contributed by atoms with Crippen molar-refractivity contribution < 1.29 is 25.8 Å². The van der Waals surface area contributed by atoms with Crippen LogP contribution in [0.5, 0.6) is 0 Å². The molecule has 0 saturated carbocycles. The number of hydrogen-bond acceptors (Lipinski definition) is 2. The fraction of sp³-hybridized carbons (Fsp3) is 0.125. The van der Waals surface area contributed by atoms with Gasteiger partial charge in [0.15, 0.2) is 0 Å². The Bertz CT molecular complexity index is 272. The Morgan fingerprint density at radius 2 is 1.64 bits per heavy atom. The summed E-state index contributed by atoms with van der Waals surface area (Å²) in [5.74, 6) is 0. The molecule has 0 fully saturated rings. The molecule has 0 N–H and O–H groups in total. The van der Waals surface area contributed by atoms with E-state index in [9.17, 15) is 0 Å². The summed E-state index contributed by atoms with van der Waals surface area (Å²) in [6, 6.07) is 8.24. The summed E-state index contributed by atoms with van der Waals surface area (Å²) in [7, 11) is 0. The fourth-order valence-corrected chi connectivity index (χ4v) is 0.552. The van der Waals surface area contributed by atoms with Crippen molar-refractivity contribution in [2.75, 3.05) is 0 Å². The van der Waals surface area contributed by atoms with Gasteiger partial charge in [0.1, 0.15) is 0 Å². The molecule has 61 valence electrons. The van der Waals surface area contributed by atoms with Gasteiger partial charge in [-0.1, -0.05) is 6.92 Å². The van der Waals surface area contributed by atoms with Crippen molar-refractivity contribution in [3.8, 4) is 0 Å². The van der Waals surface area contributed by atoms with Crippen LogP contribution >= 0.6 is 0 Å². The molecule has 0 aromatic heterocycles. The van der Waals surface area contributed by atoms with Gasteiger partial charge in [0.25, 0.3) is 0 Å². The fourth-order valence-electron chi connectivity index (χ4n) is 0.484. The number of aryl methyl sites for hydroxylation is 1. The average molecular weight is 238 g/mol. The summed E-state index contributed by atoms with van der Waals surface area (Å²) < 4.78 is 2.83. The molecule has 0 atom stereocenters. The Labute approximate surface area is 71.9 Å². The van der Waals surface area contributed by atoms with Crippen LogP contribution in [0, 0.1) is 6.92 Å². The molecule has 0 radical (unpaired) electrons. The summed E-state index contributed by atoms with van der Waals surface area (Å²) in [6.07, 6.45) is 0. The van der Waals surface area contributed by atoms with Crippen LogP contribution < -0.4 is 0 Å². The van der Waals surface area contributed by atoms with E-state index in [1.54, 1.807) is 0 Å². The van der Waals surface area contributed by atoms with Crippen molar-refractivity contribution in [2.24, 2.45) is 0 Å². The second kappa shape index (κ2) is 7.24. The van der Waals surface area contributed by atoms with E-state index in [2.05, 4.69) is 19.1 Å². The van der Waals surface area contributed by atoms with Crippen LogP contribution in [-0.4, -0.2) is 8.95 Å². The first-order valence-electron chi connectivity index (χ1n) is 2.82. The van der Waals surface area contributed by atoms with Gasteiger partial charge in [-0.15, -0.1) is 0 Å². The standard InChI is InChI=1S/C6H7.2CO.Rh/c1-6-4-2-3-5-6;2*1-2;/h2-5H,1H3;;;/q-1;;;. The second-order valence-electron chi connectivity index (χ2n) is 1.68. The van der Waals surface area contributed by atoms with Gasteiger partial charge in [-0.2, -0.15) is 17.7 Å². The minimum atomic E-state index is -0.704. The van der Waals surface area contributed by atoms with Crippen molar-refractivity contribution in [3.05, 3.63) is 29.8 Å². The quantitative estimate of drug-likeness (QED) is 0.497. The first-order valence-corrected chi connectivity index (χ1v) is 4.46. The minimum absolute atomic E-state index is 0.704. The molecule has 1 aromatic rings. The van der Waals surface area contributed by atoms with Gasteiger partial charge in [0.05, 0.1) is 0 Å². The number of carbonyl (C=O) groups excluding carboxylic acids is 2. The molecule has 0 unspecified atom stereocenters. The van der Waals surface area contributed by atoms with Gasteiger partial charge >= 0.3 is 34.8 Å². The molecular formula is C8H7O2Rh-. The normalized spacial score (nSPS) is 7.00. The number of rotatable bonds is 0. The topological polar surface area (TPSA) is 34.1 Å². The molecular weight excluding hydrogens is 231 g/mol. The van der Waals surface area contributed by atoms with Crippen molar-refractivity contribution in [1.29, 1.82) is 0 Å².